The summed E-state index contributed by atoms with van der Waals surface area (Å²) in [5.74, 6) is -0.0955. The minimum atomic E-state index is -0.0955. The molecule has 1 aromatic heterocycles. The van der Waals surface area contributed by atoms with Gasteiger partial charge in [0.1, 0.15) is 6.10 Å². The smallest absolute Gasteiger partial charge is 0.228 e. The molecule has 1 N–H and O–H groups in total. The van der Waals surface area contributed by atoms with E-state index in [4.69, 9.17) is 16.4 Å². The van der Waals surface area contributed by atoms with Gasteiger partial charge in [-0.1, -0.05) is 41.9 Å². The number of carbonyl (C=O) groups excluding carboxylic acids is 1. The van der Waals surface area contributed by atoms with Crippen LogP contribution >= 0.6 is 11.6 Å². The quantitative estimate of drug-likeness (QED) is 0.699. The van der Waals surface area contributed by atoms with Crippen molar-refractivity contribution in [2.45, 2.75) is 38.2 Å². The molecule has 1 amide bonds. The number of halogens is 1. The number of hydrogen-bond donors (Lipinski definition) is 1. The van der Waals surface area contributed by atoms with E-state index in [1.165, 1.54) is 12.8 Å². The van der Waals surface area contributed by atoms with E-state index in [1.54, 1.807) is 12.1 Å². The van der Waals surface area contributed by atoms with Gasteiger partial charge >= 0.3 is 0 Å². The fourth-order valence-electron chi connectivity index (χ4n) is 3.53. The van der Waals surface area contributed by atoms with Crippen LogP contribution in [0.4, 0.5) is 5.69 Å². The largest absolute Gasteiger partial charge is 0.411 e. The van der Waals surface area contributed by atoms with Gasteiger partial charge in [-0.3, -0.25) is 4.79 Å². The summed E-state index contributed by atoms with van der Waals surface area (Å²) in [6.45, 7) is 0. The third kappa shape index (κ3) is 3.56. The average Bonchev–Trinajstić information content (AvgIpc) is 3.27. The lowest BCUT2D eigenvalue weighted by molar-refractivity contribution is -0.115. The maximum Gasteiger partial charge on any atom is 0.228 e. The molecule has 0 atom stereocenters. The molecule has 0 bridgehead atoms. The van der Waals surface area contributed by atoms with Crippen LogP contribution in [0.5, 0.6) is 0 Å². The first-order valence-electron chi connectivity index (χ1n) is 9.01. The SMILES string of the molecule is O=C(Cc1cn(OC2CCCC2)c2ccccc12)Nc1ccccc1Cl. The molecule has 1 saturated carbocycles. The molecule has 2 aromatic carbocycles. The lowest BCUT2D eigenvalue weighted by Gasteiger charge is -2.14. The molecule has 0 spiro atoms. The zero-order valence-electron chi connectivity index (χ0n) is 14.5. The van der Waals surface area contributed by atoms with E-state index in [9.17, 15) is 4.79 Å². The number of carbonyl (C=O) groups is 1. The number of para-hydroxylation sites is 2. The summed E-state index contributed by atoms with van der Waals surface area (Å²) in [6, 6.07) is 15.3. The molecule has 0 aliphatic heterocycles. The second-order valence-electron chi connectivity index (χ2n) is 6.71. The Morgan fingerprint density at radius 3 is 2.65 bits per heavy atom. The maximum absolute atomic E-state index is 12.5. The van der Waals surface area contributed by atoms with Crippen LogP contribution in [0, 0.1) is 0 Å². The van der Waals surface area contributed by atoms with E-state index in [0.717, 1.165) is 29.3 Å². The van der Waals surface area contributed by atoms with Crippen molar-refractivity contribution in [1.82, 2.24) is 4.73 Å². The van der Waals surface area contributed by atoms with Gasteiger partial charge in [-0.15, -0.1) is 0 Å². The number of anilines is 1. The third-order valence-corrected chi connectivity index (χ3v) is 5.15. The number of nitrogens with one attached hydrogen (secondary N) is 1. The molecule has 1 aliphatic carbocycles. The van der Waals surface area contributed by atoms with Crippen LogP contribution in [0.2, 0.25) is 5.02 Å². The number of amides is 1. The fraction of sp³-hybridized carbons (Fsp3) is 0.286. The van der Waals surface area contributed by atoms with Gasteiger partial charge in [0.05, 0.1) is 22.6 Å². The van der Waals surface area contributed by atoms with Gasteiger partial charge in [-0.25, -0.2) is 0 Å². The molecule has 1 fully saturated rings. The minimum absolute atomic E-state index is 0.0955. The molecular weight excluding hydrogens is 348 g/mol. The van der Waals surface area contributed by atoms with E-state index in [1.807, 2.05) is 47.3 Å². The van der Waals surface area contributed by atoms with Crippen molar-refractivity contribution < 1.29 is 9.63 Å². The third-order valence-electron chi connectivity index (χ3n) is 4.82. The van der Waals surface area contributed by atoms with Crippen LogP contribution in [0.15, 0.2) is 54.7 Å². The molecule has 134 valence electrons. The lowest BCUT2D eigenvalue weighted by Crippen LogP contribution is -2.21. The monoisotopic (exact) mass is 368 g/mol. The minimum Gasteiger partial charge on any atom is -0.411 e. The normalized spacial score (nSPS) is 14.7. The van der Waals surface area contributed by atoms with Gasteiger partial charge < -0.3 is 10.2 Å². The van der Waals surface area contributed by atoms with Crippen molar-refractivity contribution in [2.75, 3.05) is 5.32 Å². The van der Waals surface area contributed by atoms with Crippen molar-refractivity contribution in [3.63, 3.8) is 0 Å². The van der Waals surface area contributed by atoms with Crippen molar-refractivity contribution in [2.24, 2.45) is 0 Å². The van der Waals surface area contributed by atoms with Gasteiger partial charge in [0.2, 0.25) is 5.91 Å². The van der Waals surface area contributed by atoms with Gasteiger partial charge in [-0.05, 0) is 49.4 Å². The Kier molecular flexibility index (Phi) is 4.85. The molecule has 5 heteroatoms. The van der Waals surface area contributed by atoms with Crippen molar-refractivity contribution >= 4 is 34.1 Å². The summed E-state index contributed by atoms with van der Waals surface area (Å²) >= 11 is 6.13. The molecule has 4 nitrogen and oxygen atoms in total. The summed E-state index contributed by atoms with van der Waals surface area (Å²) < 4.78 is 1.84. The Labute approximate surface area is 157 Å². The summed E-state index contributed by atoms with van der Waals surface area (Å²) in [5, 5.41) is 4.46. The summed E-state index contributed by atoms with van der Waals surface area (Å²) in [6.07, 6.45) is 7.09. The highest BCUT2D eigenvalue weighted by Gasteiger charge is 2.19. The van der Waals surface area contributed by atoms with E-state index < -0.39 is 0 Å². The van der Waals surface area contributed by atoms with Crippen LogP contribution in [0.25, 0.3) is 10.9 Å². The van der Waals surface area contributed by atoms with E-state index in [-0.39, 0.29) is 18.4 Å². The lowest BCUT2D eigenvalue weighted by atomic mass is 10.1. The topological polar surface area (TPSA) is 43.3 Å². The van der Waals surface area contributed by atoms with E-state index >= 15 is 0 Å². The van der Waals surface area contributed by atoms with Crippen molar-refractivity contribution in [3.05, 3.63) is 65.3 Å². The molecule has 26 heavy (non-hydrogen) atoms. The molecule has 4 rings (SSSR count). The van der Waals surface area contributed by atoms with Gasteiger partial charge in [0.25, 0.3) is 0 Å². The highest BCUT2D eigenvalue weighted by atomic mass is 35.5. The zero-order valence-corrected chi connectivity index (χ0v) is 15.2. The first-order valence-corrected chi connectivity index (χ1v) is 9.39. The van der Waals surface area contributed by atoms with Crippen LogP contribution in [-0.4, -0.2) is 16.7 Å². The second-order valence-corrected chi connectivity index (χ2v) is 7.12. The molecule has 3 aromatic rings. The Hall–Kier alpha value is -2.46. The molecule has 0 saturated heterocycles. The highest BCUT2D eigenvalue weighted by molar-refractivity contribution is 6.33. The van der Waals surface area contributed by atoms with E-state index in [2.05, 4.69) is 5.32 Å². The summed E-state index contributed by atoms with van der Waals surface area (Å²) in [5.41, 5.74) is 2.58. The number of benzene rings is 2. The summed E-state index contributed by atoms with van der Waals surface area (Å²) in [7, 11) is 0. The molecular formula is C21H21ClN2O2. The Bertz CT molecular complexity index is 929. The van der Waals surface area contributed by atoms with Crippen molar-refractivity contribution in [1.29, 1.82) is 0 Å². The van der Waals surface area contributed by atoms with Crippen LogP contribution in [-0.2, 0) is 11.2 Å². The fourth-order valence-corrected chi connectivity index (χ4v) is 3.71. The Balaban J connectivity index is 1.56. The number of aromatic nitrogens is 1. The second kappa shape index (κ2) is 7.42. The molecule has 1 aliphatic rings. The molecule has 1 heterocycles. The zero-order chi connectivity index (χ0) is 17.9. The number of hydrogen-bond acceptors (Lipinski definition) is 2. The maximum atomic E-state index is 12.5. The summed E-state index contributed by atoms with van der Waals surface area (Å²) in [4.78, 5) is 18.7. The van der Waals surface area contributed by atoms with Crippen LogP contribution in [0.3, 0.4) is 0 Å². The predicted molar refractivity (Wildman–Crippen MR) is 105 cm³/mol. The highest BCUT2D eigenvalue weighted by Crippen LogP contribution is 2.25. The van der Waals surface area contributed by atoms with E-state index in [0.29, 0.717) is 10.7 Å². The number of nitrogens with zero attached hydrogens (tertiary/aromatic N) is 1. The van der Waals surface area contributed by atoms with Crippen LogP contribution in [0.1, 0.15) is 31.2 Å². The number of rotatable bonds is 5. The molecule has 0 unspecified atom stereocenters. The Morgan fingerprint density at radius 2 is 1.85 bits per heavy atom. The first kappa shape index (κ1) is 17.0. The Morgan fingerprint density at radius 1 is 1.12 bits per heavy atom. The standard InChI is InChI=1S/C21H21ClN2O2/c22-18-10-4-5-11-19(18)23-21(25)13-15-14-24(26-16-7-1-2-8-16)20-12-6-3-9-17(15)20/h3-6,9-12,14,16H,1-2,7-8,13H2,(H,23,25). The predicted octanol–water partition coefficient (Wildman–Crippen LogP) is 4.85. The molecule has 0 radical (unpaired) electrons. The first-order chi connectivity index (χ1) is 12.7. The van der Waals surface area contributed by atoms with Gasteiger partial charge in [-0.2, -0.15) is 4.73 Å². The van der Waals surface area contributed by atoms with Crippen LogP contribution < -0.4 is 10.2 Å². The van der Waals surface area contributed by atoms with Gasteiger partial charge in [0, 0.05) is 11.6 Å². The van der Waals surface area contributed by atoms with Gasteiger partial charge in [0.15, 0.2) is 0 Å². The average molecular weight is 369 g/mol. The van der Waals surface area contributed by atoms with Crippen molar-refractivity contribution in [3.8, 4) is 0 Å². The number of fused-ring (bicyclic) bond motifs is 1.